The topological polar surface area (TPSA) is 114 Å². The van der Waals surface area contributed by atoms with Crippen LogP contribution in [0.5, 0.6) is 23.0 Å². The highest BCUT2D eigenvalue weighted by molar-refractivity contribution is 7.85. The molecule has 5 rings (SSSR count). The van der Waals surface area contributed by atoms with Gasteiger partial charge in [-0.25, -0.2) is 9.19 Å². The van der Waals surface area contributed by atoms with Gasteiger partial charge in [0.05, 0.1) is 11.9 Å². The smallest absolute Gasteiger partial charge is 0.253 e. The first-order valence-electron chi connectivity index (χ1n) is 10.7. The number of aromatic nitrogens is 1. The number of carbonyl (C=O) groups excluding carboxylic acids is 1. The number of para-hydroxylation sites is 1. The highest BCUT2D eigenvalue weighted by Gasteiger charge is 2.30. The van der Waals surface area contributed by atoms with Crippen LogP contribution in [0.1, 0.15) is 31.2 Å². The maximum atomic E-state index is 11.9. The van der Waals surface area contributed by atoms with Crippen molar-refractivity contribution in [3.8, 4) is 29.1 Å². The summed E-state index contributed by atoms with van der Waals surface area (Å²) in [4.78, 5) is 15.4. The van der Waals surface area contributed by atoms with E-state index in [1.807, 2.05) is 32.0 Å². The van der Waals surface area contributed by atoms with Gasteiger partial charge in [0.25, 0.3) is 5.91 Å². The summed E-state index contributed by atoms with van der Waals surface area (Å²) in [6, 6.07) is 17.8. The molecule has 0 aliphatic carbocycles. The zero-order chi connectivity index (χ0) is 24.1. The Balaban J connectivity index is 0.00000133. The number of anilines is 1. The largest absolute Gasteiger partial charge is 0.485 e. The molecule has 3 aromatic rings. The van der Waals surface area contributed by atoms with E-state index in [4.69, 9.17) is 19.5 Å². The number of nitrogens with one attached hydrogen (secondary N) is 1. The van der Waals surface area contributed by atoms with Crippen LogP contribution in [-0.2, 0) is 16.0 Å². The second kappa shape index (κ2) is 10.2. The molecule has 0 radical (unpaired) electrons. The zero-order valence-electron chi connectivity index (χ0n) is 18.6. The first kappa shape index (κ1) is 23.1. The van der Waals surface area contributed by atoms with E-state index in [2.05, 4.69) is 9.71 Å². The monoisotopic (exact) mass is 478 g/mol. The molecule has 1 saturated heterocycles. The number of fused-ring (bicyclic) bond motifs is 1. The molecule has 1 fully saturated rings. The number of amides is 1. The van der Waals surface area contributed by atoms with Gasteiger partial charge >= 0.3 is 0 Å². The molecule has 174 valence electrons. The lowest BCUT2D eigenvalue weighted by Crippen LogP contribution is -2.22. The maximum Gasteiger partial charge on any atom is 0.253 e. The van der Waals surface area contributed by atoms with Gasteiger partial charge in [-0.1, -0.05) is 26.0 Å². The highest BCUT2D eigenvalue weighted by atomic mass is 32.2. The average Bonchev–Trinajstić information content (AvgIpc) is 3.44. The van der Waals surface area contributed by atoms with E-state index in [0.29, 0.717) is 41.0 Å². The van der Waals surface area contributed by atoms with E-state index in [0.717, 1.165) is 5.56 Å². The predicted molar refractivity (Wildman–Crippen MR) is 126 cm³/mol. The number of ether oxygens (including phenoxy) is 3. The quantitative estimate of drug-likeness (QED) is 0.593. The molecular formula is C24H22N4O5S. The molecule has 2 aromatic carbocycles. The summed E-state index contributed by atoms with van der Waals surface area (Å²) in [6.07, 6.45) is 1.15. The number of carbonyl (C=O) groups is 1. The minimum Gasteiger partial charge on any atom is -0.485 e. The molecule has 0 spiro atoms. The molecule has 1 N–H and O–H groups in total. The van der Waals surface area contributed by atoms with Crippen LogP contribution in [0, 0.1) is 11.3 Å². The van der Waals surface area contributed by atoms with Crippen LogP contribution in [0.3, 0.4) is 0 Å². The Kier molecular flexibility index (Phi) is 6.94. The first-order valence-corrected chi connectivity index (χ1v) is 11.8. The molecule has 1 amide bonds. The maximum absolute atomic E-state index is 11.9. The number of pyridine rings is 1. The lowest BCUT2D eigenvalue weighted by Gasteiger charge is -2.16. The van der Waals surface area contributed by atoms with Crippen molar-refractivity contribution in [1.82, 2.24) is 9.71 Å². The van der Waals surface area contributed by atoms with Crippen molar-refractivity contribution in [3.05, 3.63) is 72.1 Å². The summed E-state index contributed by atoms with van der Waals surface area (Å²) < 4.78 is 33.6. The molecule has 2 atom stereocenters. The average molecular weight is 479 g/mol. The molecule has 0 saturated carbocycles. The van der Waals surface area contributed by atoms with Gasteiger partial charge in [-0.05, 0) is 42.5 Å². The number of hydrogen-bond donors (Lipinski definition) is 1. The normalized spacial score (nSPS) is 18.0. The van der Waals surface area contributed by atoms with Gasteiger partial charge in [0.2, 0.25) is 11.2 Å². The summed E-state index contributed by atoms with van der Waals surface area (Å²) in [5.41, 5.74) is 1.82. The van der Waals surface area contributed by atoms with Crippen LogP contribution in [0.15, 0.2) is 60.8 Å². The minimum atomic E-state index is -1.56. The van der Waals surface area contributed by atoms with Crippen LogP contribution in [0.4, 0.5) is 5.69 Å². The lowest BCUT2D eigenvalue weighted by atomic mass is 10.1. The third-order valence-corrected chi connectivity index (χ3v) is 6.05. The Bertz CT molecular complexity index is 1240. The van der Waals surface area contributed by atoms with Gasteiger partial charge in [0.1, 0.15) is 36.4 Å². The van der Waals surface area contributed by atoms with Crippen molar-refractivity contribution in [2.24, 2.45) is 0 Å². The Morgan fingerprint density at radius 3 is 2.56 bits per heavy atom. The SMILES string of the molecule is CC.N#Cc1ccc(Oc2cccc3c2OCC3Oc2ccc(N3CC(=O)NS3=O)cc2)cn1. The van der Waals surface area contributed by atoms with Crippen molar-refractivity contribution in [2.75, 3.05) is 17.5 Å². The molecule has 3 heterocycles. The number of rotatable bonds is 5. The van der Waals surface area contributed by atoms with Gasteiger partial charge in [-0.2, -0.15) is 5.26 Å². The van der Waals surface area contributed by atoms with E-state index >= 15 is 0 Å². The van der Waals surface area contributed by atoms with Gasteiger partial charge in [-0.3, -0.25) is 13.8 Å². The van der Waals surface area contributed by atoms with Gasteiger partial charge in [0.15, 0.2) is 17.6 Å². The number of benzene rings is 2. The third kappa shape index (κ3) is 4.79. The Hall–Kier alpha value is -4.10. The van der Waals surface area contributed by atoms with E-state index in [-0.39, 0.29) is 18.6 Å². The van der Waals surface area contributed by atoms with Crippen LogP contribution in [0.25, 0.3) is 0 Å². The van der Waals surface area contributed by atoms with Crippen molar-refractivity contribution in [2.45, 2.75) is 20.0 Å². The fourth-order valence-electron chi connectivity index (χ4n) is 3.42. The molecule has 1 aromatic heterocycles. The summed E-state index contributed by atoms with van der Waals surface area (Å²) in [5.74, 6) is 1.95. The second-order valence-corrected chi connectivity index (χ2v) is 8.13. The van der Waals surface area contributed by atoms with Crippen LogP contribution in [0.2, 0.25) is 0 Å². The van der Waals surface area contributed by atoms with Crippen molar-refractivity contribution in [1.29, 1.82) is 5.26 Å². The molecular weight excluding hydrogens is 456 g/mol. The van der Waals surface area contributed by atoms with E-state index in [1.54, 1.807) is 42.5 Å². The number of hydrogen-bond acceptors (Lipinski definition) is 7. The van der Waals surface area contributed by atoms with E-state index in [9.17, 15) is 9.00 Å². The molecule has 2 unspecified atom stereocenters. The molecule has 34 heavy (non-hydrogen) atoms. The second-order valence-electron chi connectivity index (χ2n) is 6.99. The van der Waals surface area contributed by atoms with Crippen molar-refractivity contribution in [3.63, 3.8) is 0 Å². The van der Waals surface area contributed by atoms with Gasteiger partial charge in [-0.15, -0.1) is 0 Å². The summed E-state index contributed by atoms with van der Waals surface area (Å²) >= 11 is -1.56. The molecule has 9 nitrogen and oxygen atoms in total. The zero-order valence-corrected chi connectivity index (χ0v) is 19.4. The summed E-state index contributed by atoms with van der Waals surface area (Å²) in [5, 5.41) is 8.87. The molecule has 0 bridgehead atoms. The van der Waals surface area contributed by atoms with E-state index < -0.39 is 11.2 Å². The van der Waals surface area contributed by atoms with Crippen molar-refractivity contribution >= 4 is 22.8 Å². The molecule has 2 aliphatic rings. The van der Waals surface area contributed by atoms with Crippen LogP contribution in [-0.4, -0.2) is 28.3 Å². The summed E-state index contributed by atoms with van der Waals surface area (Å²) in [7, 11) is 0. The van der Waals surface area contributed by atoms with Gasteiger partial charge in [0, 0.05) is 5.56 Å². The van der Waals surface area contributed by atoms with Gasteiger partial charge < -0.3 is 14.2 Å². The molecule has 10 heteroatoms. The number of nitriles is 1. The standard InChI is InChI=1S/C22H16N4O5S.C2H6/c23-10-14-4-7-17(11-24-14)31-19-3-1-2-18-20(13-29-22(18)19)30-16-8-5-15(6-9-16)26-12-21(27)25-32(26)28;1-2/h1-9,11,20H,12-13H2,(H,25,27);1-2H3. The Morgan fingerprint density at radius 2 is 1.91 bits per heavy atom. The lowest BCUT2D eigenvalue weighted by molar-refractivity contribution is -0.117. The molecule has 2 aliphatic heterocycles. The van der Waals surface area contributed by atoms with E-state index in [1.165, 1.54) is 10.5 Å². The summed E-state index contributed by atoms with van der Waals surface area (Å²) in [6.45, 7) is 4.37. The predicted octanol–water partition coefficient (Wildman–Crippen LogP) is 3.80. The number of nitrogens with zero attached hydrogens (tertiary/aromatic N) is 3. The fraction of sp³-hybridized carbons (Fsp3) is 0.208. The third-order valence-electron chi connectivity index (χ3n) is 4.91. The highest BCUT2D eigenvalue weighted by Crippen LogP contribution is 2.43. The fourth-order valence-corrected chi connectivity index (χ4v) is 4.33. The van der Waals surface area contributed by atoms with Crippen molar-refractivity contribution < 1.29 is 23.2 Å². The Labute approximate surface area is 199 Å². The Morgan fingerprint density at radius 1 is 1.15 bits per heavy atom. The van der Waals surface area contributed by atoms with Crippen LogP contribution >= 0.6 is 0 Å². The first-order chi connectivity index (χ1) is 16.6. The minimum absolute atomic E-state index is 0.0498. The van der Waals surface area contributed by atoms with Crippen LogP contribution < -0.4 is 23.2 Å².